The predicted molar refractivity (Wildman–Crippen MR) is 172 cm³/mol. The number of rotatable bonds is 10. The van der Waals surface area contributed by atoms with Crippen LogP contribution in [0.15, 0.2) is 5.38 Å². The minimum absolute atomic E-state index is 0.201. The third-order valence-electron chi connectivity index (χ3n) is 5.72. The van der Waals surface area contributed by atoms with Gasteiger partial charge >= 0.3 is 35.9 Å². The normalized spacial score (nSPS) is 10.8. The first kappa shape index (κ1) is 39.1. The molecule has 0 saturated carbocycles. The van der Waals surface area contributed by atoms with E-state index in [0.29, 0.717) is 26.0 Å². The van der Waals surface area contributed by atoms with Crippen molar-refractivity contribution < 1.29 is 47.7 Å². The molecule has 0 fully saturated rings. The van der Waals surface area contributed by atoms with E-state index < -0.39 is 47.0 Å². The van der Waals surface area contributed by atoms with Crippen LogP contribution in [0.2, 0.25) is 4.34 Å². The van der Waals surface area contributed by atoms with Gasteiger partial charge in [-0.2, -0.15) is 0 Å². The summed E-state index contributed by atoms with van der Waals surface area (Å²) in [5, 5.41) is 12.4. The molecule has 17 heteroatoms. The quantitative estimate of drug-likeness (QED) is 0.189. The fraction of sp³-hybridized carbons (Fsp3) is 0.500. The van der Waals surface area contributed by atoms with E-state index in [-0.39, 0.29) is 23.8 Å². The summed E-state index contributed by atoms with van der Waals surface area (Å²) in [4.78, 5) is 71.1. The molecular weight excluding hydrogens is 652 g/mol. The van der Waals surface area contributed by atoms with Crippen molar-refractivity contribution in [1.82, 2.24) is 10.6 Å². The van der Waals surface area contributed by atoms with Crippen LogP contribution in [0.5, 0.6) is 0 Å². The molecule has 2 aromatic heterocycles. The summed E-state index contributed by atoms with van der Waals surface area (Å²) in [6.45, 7) is 13.3. The Morgan fingerprint density at radius 3 is 1.60 bits per heavy atom. The van der Waals surface area contributed by atoms with Crippen molar-refractivity contribution in [3.05, 3.63) is 32.0 Å². The van der Waals surface area contributed by atoms with Crippen LogP contribution < -0.4 is 21.3 Å². The first-order valence-electron chi connectivity index (χ1n) is 13.4. The van der Waals surface area contributed by atoms with Gasteiger partial charge in [-0.1, -0.05) is 11.6 Å². The number of hydrogen-bond acceptors (Lipinski definition) is 12. The number of anilines is 2. The zero-order valence-corrected chi connectivity index (χ0v) is 29.2. The number of esters is 4. The molecule has 0 aromatic carbocycles. The van der Waals surface area contributed by atoms with E-state index in [0.717, 1.165) is 11.3 Å². The summed E-state index contributed by atoms with van der Waals surface area (Å²) >= 11 is 8.28. The van der Waals surface area contributed by atoms with E-state index >= 15 is 0 Å². The fourth-order valence-electron chi connectivity index (χ4n) is 3.46. The Balaban J connectivity index is 0.000000450. The number of hydrogen-bond donors (Lipinski definition) is 4. The molecule has 14 nitrogen and oxygen atoms in total. The average molecular weight is 691 g/mol. The summed E-state index contributed by atoms with van der Waals surface area (Å²) in [5.41, 5.74) is -0.650. The molecule has 2 aromatic rings. The van der Waals surface area contributed by atoms with E-state index in [1.54, 1.807) is 33.1 Å². The first-order chi connectivity index (χ1) is 20.9. The lowest BCUT2D eigenvalue weighted by molar-refractivity contribution is -0.147. The molecule has 0 bridgehead atoms. The van der Waals surface area contributed by atoms with Gasteiger partial charge in [0.1, 0.15) is 21.1 Å². The molecule has 4 amide bonds. The number of urea groups is 2. The van der Waals surface area contributed by atoms with E-state index in [2.05, 4.69) is 30.7 Å². The van der Waals surface area contributed by atoms with Crippen molar-refractivity contribution in [3.8, 4) is 0 Å². The zero-order chi connectivity index (χ0) is 34.7. The number of aryl methyl sites for hydroxylation is 1. The van der Waals surface area contributed by atoms with Crippen LogP contribution in [-0.4, -0.2) is 74.5 Å². The molecule has 0 spiro atoms. The maximum absolute atomic E-state index is 12.1. The van der Waals surface area contributed by atoms with Gasteiger partial charge in [0.15, 0.2) is 0 Å². The number of nitrogens with one attached hydrogen (secondary N) is 4. The lowest BCUT2D eigenvalue weighted by Gasteiger charge is -2.23. The molecule has 0 aliphatic rings. The van der Waals surface area contributed by atoms with Gasteiger partial charge in [-0.15, -0.1) is 22.7 Å². The zero-order valence-electron chi connectivity index (χ0n) is 26.8. The molecule has 4 N–H and O–H groups in total. The van der Waals surface area contributed by atoms with Crippen LogP contribution in [0.1, 0.15) is 73.4 Å². The van der Waals surface area contributed by atoms with Gasteiger partial charge < -0.3 is 29.6 Å². The maximum atomic E-state index is 12.1. The molecule has 2 heterocycles. The molecule has 0 aliphatic carbocycles. The molecule has 45 heavy (non-hydrogen) atoms. The van der Waals surface area contributed by atoms with Crippen LogP contribution in [-0.2, 0) is 28.5 Å². The Labute approximate surface area is 274 Å². The second kappa shape index (κ2) is 17.0. The Morgan fingerprint density at radius 1 is 0.756 bits per heavy atom. The third-order valence-corrected chi connectivity index (χ3v) is 8.24. The number of carbonyl (C=O) groups is 6. The Hall–Kier alpha value is -3.89. The molecule has 2 rings (SSSR count). The number of thiophene rings is 2. The number of halogens is 1. The number of methoxy groups -OCH3 is 2. The van der Waals surface area contributed by atoms with Crippen LogP contribution in [0.3, 0.4) is 0 Å². The van der Waals surface area contributed by atoms with Gasteiger partial charge in [0.25, 0.3) is 0 Å². The smallest absolute Gasteiger partial charge is 0.341 e. The third kappa shape index (κ3) is 10.9. The molecule has 250 valence electrons. The minimum atomic E-state index is -1.22. The largest absolute Gasteiger partial charge is 0.467 e. The molecule has 0 radical (unpaired) electrons. The van der Waals surface area contributed by atoms with E-state index in [4.69, 9.17) is 21.1 Å². The lowest BCUT2D eigenvalue weighted by Crippen LogP contribution is -2.51. The summed E-state index contributed by atoms with van der Waals surface area (Å²) in [5.74, 6) is -2.24. The van der Waals surface area contributed by atoms with E-state index in [9.17, 15) is 28.8 Å². The van der Waals surface area contributed by atoms with Gasteiger partial charge in [-0.3, -0.25) is 10.6 Å². The molecule has 0 aliphatic heterocycles. The molecule has 0 atom stereocenters. The van der Waals surface area contributed by atoms with Crippen molar-refractivity contribution in [3.63, 3.8) is 0 Å². The fourth-order valence-corrected chi connectivity index (χ4v) is 5.63. The predicted octanol–water partition coefficient (Wildman–Crippen LogP) is 5.27. The molecule has 0 unspecified atom stereocenters. The Kier molecular flexibility index (Phi) is 14.8. The van der Waals surface area contributed by atoms with Crippen LogP contribution in [0.25, 0.3) is 0 Å². The number of carbonyl (C=O) groups excluding carboxylic acids is 6. The standard InChI is InChI=1S/C14H19ClN2O5S.C14H20N2O5S/c1-6-22-11(18)8-7(2)9(15)23-10(8)16-13(20)17-14(3,4)12(19)21-5;1-6-21-11(17)9-8(2)7-22-10(9)15-13(19)16-14(3,4)12(18)20-5/h6H2,1-5H3,(H2,16,17,20);7H,6H2,1-5H3,(H2,15,16,19). The van der Waals surface area contributed by atoms with Crippen molar-refractivity contribution in [2.24, 2.45) is 0 Å². The number of amides is 4. The Bertz CT molecular complexity index is 1420. The van der Waals surface area contributed by atoms with E-state index in [1.807, 2.05) is 0 Å². The highest BCUT2D eigenvalue weighted by atomic mass is 35.5. The SMILES string of the molecule is CCOC(=O)c1c(C)csc1NC(=O)NC(C)(C)C(=O)OC.CCOC(=O)c1c(NC(=O)NC(C)(C)C(=O)OC)sc(Cl)c1C. The molecular formula is C28H39ClN4O10S2. The number of ether oxygens (including phenoxy) is 4. The van der Waals surface area contributed by atoms with Gasteiger partial charge in [0.05, 0.1) is 42.9 Å². The highest BCUT2D eigenvalue weighted by Gasteiger charge is 2.32. The van der Waals surface area contributed by atoms with E-state index in [1.165, 1.54) is 53.3 Å². The second-order valence-corrected chi connectivity index (χ2v) is 12.7. The van der Waals surface area contributed by atoms with Gasteiger partial charge in [0.2, 0.25) is 0 Å². The summed E-state index contributed by atoms with van der Waals surface area (Å²) in [7, 11) is 2.47. The van der Waals surface area contributed by atoms with Crippen LogP contribution in [0.4, 0.5) is 19.6 Å². The second-order valence-electron chi connectivity index (χ2n) is 10.2. The van der Waals surface area contributed by atoms with Crippen LogP contribution >= 0.6 is 34.3 Å². The maximum Gasteiger partial charge on any atom is 0.341 e. The van der Waals surface area contributed by atoms with Crippen molar-refractivity contribution in [1.29, 1.82) is 0 Å². The van der Waals surface area contributed by atoms with Crippen molar-refractivity contribution in [2.45, 2.75) is 66.5 Å². The first-order valence-corrected chi connectivity index (χ1v) is 15.5. The minimum Gasteiger partial charge on any atom is -0.467 e. The molecule has 0 saturated heterocycles. The van der Waals surface area contributed by atoms with Crippen molar-refractivity contribution >= 4 is 80.2 Å². The average Bonchev–Trinajstić information content (AvgIpc) is 3.44. The van der Waals surface area contributed by atoms with Gasteiger partial charge in [-0.25, -0.2) is 28.8 Å². The highest BCUT2D eigenvalue weighted by Crippen LogP contribution is 2.37. The monoisotopic (exact) mass is 690 g/mol. The summed E-state index contributed by atoms with van der Waals surface area (Å²) < 4.78 is 19.5. The summed E-state index contributed by atoms with van der Waals surface area (Å²) in [6.07, 6.45) is 0. The van der Waals surface area contributed by atoms with Crippen LogP contribution in [0, 0.1) is 13.8 Å². The lowest BCUT2D eigenvalue weighted by atomic mass is 10.1. The van der Waals surface area contributed by atoms with Gasteiger partial charge in [-0.05, 0) is 71.9 Å². The van der Waals surface area contributed by atoms with Crippen molar-refractivity contribution in [2.75, 3.05) is 38.1 Å². The highest BCUT2D eigenvalue weighted by molar-refractivity contribution is 7.20. The van der Waals surface area contributed by atoms with Gasteiger partial charge in [0, 0.05) is 0 Å². The summed E-state index contributed by atoms with van der Waals surface area (Å²) in [6, 6.07) is -1.27. The Morgan fingerprint density at radius 2 is 1.18 bits per heavy atom. The topological polar surface area (TPSA) is 187 Å².